The van der Waals surface area contributed by atoms with Crippen LogP contribution in [0.15, 0.2) is 18.2 Å². The van der Waals surface area contributed by atoms with Gasteiger partial charge in [-0.3, -0.25) is 4.79 Å². The number of aryl methyl sites for hydroxylation is 1. The zero-order chi connectivity index (χ0) is 17.1. The van der Waals surface area contributed by atoms with Gasteiger partial charge in [0.15, 0.2) is 0 Å². The van der Waals surface area contributed by atoms with E-state index in [1.807, 2.05) is 25.1 Å². The molecule has 2 aromatic rings. The Balaban J connectivity index is 1.46. The maximum absolute atomic E-state index is 12.3. The van der Waals surface area contributed by atoms with E-state index in [1.54, 1.807) is 0 Å². The van der Waals surface area contributed by atoms with Gasteiger partial charge in [0.2, 0.25) is 0 Å². The van der Waals surface area contributed by atoms with Gasteiger partial charge in [0, 0.05) is 25.2 Å². The third kappa shape index (κ3) is 4.15. The molecule has 2 heterocycles. The first-order valence-corrected chi connectivity index (χ1v) is 8.98. The van der Waals surface area contributed by atoms with Gasteiger partial charge in [0.1, 0.15) is 5.82 Å². The van der Waals surface area contributed by atoms with Crippen molar-refractivity contribution in [2.24, 2.45) is 11.8 Å². The first-order chi connectivity index (χ1) is 11.5. The van der Waals surface area contributed by atoms with Crippen LogP contribution in [0, 0.1) is 18.8 Å². The standard InChI is InChI=1S/C19H28N4O/c1-13-9-14(2)12-23(11-13)8-4-7-20-19(24)16-5-6-17-18(10-16)22-15(3)21-17/h5-6,10,13-14H,4,7-9,11-12H2,1-3H3,(H,20,24)(H,21,22)/t13-,14+. The number of hydrogen-bond donors (Lipinski definition) is 2. The van der Waals surface area contributed by atoms with Crippen molar-refractivity contribution in [3.05, 3.63) is 29.6 Å². The molecular weight excluding hydrogens is 300 g/mol. The predicted octanol–water partition coefficient (Wildman–Crippen LogP) is 2.97. The number of hydrogen-bond acceptors (Lipinski definition) is 3. The van der Waals surface area contributed by atoms with Crippen LogP contribution in [0.4, 0.5) is 0 Å². The molecule has 130 valence electrons. The molecule has 1 amide bonds. The summed E-state index contributed by atoms with van der Waals surface area (Å²) in [6.45, 7) is 10.7. The molecule has 5 heteroatoms. The number of H-pyrrole nitrogens is 1. The van der Waals surface area contributed by atoms with Crippen LogP contribution in [-0.2, 0) is 0 Å². The summed E-state index contributed by atoms with van der Waals surface area (Å²) in [5, 5.41) is 3.03. The molecular formula is C19H28N4O. The van der Waals surface area contributed by atoms with Crippen molar-refractivity contribution in [1.29, 1.82) is 0 Å². The zero-order valence-corrected chi connectivity index (χ0v) is 14.9. The van der Waals surface area contributed by atoms with Crippen molar-refractivity contribution in [3.8, 4) is 0 Å². The minimum absolute atomic E-state index is 0.00969. The number of piperidine rings is 1. The predicted molar refractivity (Wildman–Crippen MR) is 97.2 cm³/mol. The molecule has 1 aliphatic heterocycles. The van der Waals surface area contributed by atoms with Gasteiger partial charge in [0.05, 0.1) is 11.0 Å². The van der Waals surface area contributed by atoms with Crippen LogP contribution in [0.1, 0.15) is 42.9 Å². The summed E-state index contributed by atoms with van der Waals surface area (Å²) in [7, 11) is 0. The lowest BCUT2D eigenvalue weighted by Gasteiger charge is -2.34. The van der Waals surface area contributed by atoms with Crippen molar-refractivity contribution in [2.75, 3.05) is 26.2 Å². The summed E-state index contributed by atoms with van der Waals surface area (Å²) >= 11 is 0. The SMILES string of the molecule is Cc1nc2ccc(C(=O)NCCCN3C[C@H](C)C[C@H](C)C3)cc2[nH]1. The maximum atomic E-state index is 12.3. The number of imidazole rings is 1. The molecule has 1 aliphatic rings. The second-order valence-electron chi connectivity index (χ2n) is 7.37. The Morgan fingerprint density at radius 3 is 2.83 bits per heavy atom. The Morgan fingerprint density at radius 1 is 1.33 bits per heavy atom. The summed E-state index contributed by atoms with van der Waals surface area (Å²) in [6, 6.07) is 5.61. The van der Waals surface area contributed by atoms with E-state index in [-0.39, 0.29) is 5.91 Å². The minimum Gasteiger partial charge on any atom is -0.352 e. The number of nitrogens with zero attached hydrogens (tertiary/aromatic N) is 2. The van der Waals surface area contributed by atoms with Gasteiger partial charge in [0.25, 0.3) is 5.91 Å². The molecule has 0 radical (unpaired) electrons. The molecule has 0 unspecified atom stereocenters. The van der Waals surface area contributed by atoms with Gasteiger partial charge in [-0.15, -0.1) is 0 Å². The van der Waals surface area contributed by atoms with E-state index in [9.17, 15) is 4.79 Å². The Hall–Kier alpha value is -1.88. The van der Waals surface area contributed by atoms with Crippen LogP contribution in [0.2, 0.25) is 0 Å². The van der Waals surface area contributed by atoms with Gasteiger partial charge in [-0.1, -0.05) is 13.8 Å². The van der Waals surface area contributed by atoms with Crippen molar-refractivity contribution in [3.63, 3.8) is 0 Å². The fourth-order valence-electron chi connectivity index (χ4n) is 3.86. The van der Waals surface area contributed by atoms with Crippen LogP contribution in [0.25, 0.3) is 11.0 Å². The third-order valence-electron chi connectivity index (χ3n) is 4.74. The Morgan fingerprint density at radius 2 is 2.08 bits per heavy atom. The van der Waals surface area contributed by atoms with E-state index in [0.29, 0.717) is 5.56 Å². The van der Waals surface area contributed by atoms with E-state index in [2.05, 4.69) is 34.0 Å². The number of fused-ring (bicyclic) bond motifs is 1. The third-order valence-corrected chi connectivity index (χ3v) is 4.74. The van der Waals surface area contributed by atoms with E-state index < -0.39 is 0 Å². The number of carbonyl (C=O) groups excluding carboxylic acids is 1. The Labute approximate surface area is 143 Å². The summed E-state index contributed by atoms with van der Waals surface area (Å²) < 4.78 is 0. The number of rotatable bonds is 5. The van der Waals surface area contributed by atoms with E-state index in [0.717, 1.165) is 48.2 Å². The van der Waals surface area contributed by atoms with Crippen molar-refractivity contribution >= 4 is 16.9 Å². The lowest BCUT2D eigenvalue weighted by molar-refractivity contribution is 0.0947. The number of aromatic nitrogens is 2. The van der Waals surface area contributed by atoms with Gasteiger partial charge in [-0.2, -0.15) is 0 Å². The summed E-state index contributed by atoms with van der Waals surface area (Å²) in [6.07, 6.45) is 2.33. The number of amides is 1. The fourth-order valence-corrected chi connectivity index (χ4v) is 3.86. The fraction of sp³-hybridized carbons (Fsp3) is 0.579. The molecule has 1 saturated heterocycles. The lowest BCUT2D eigenvalue weighted by Crippen LogP contribution is -2.40. The molecule has 1 aromatic carbocycles. The molecule has 2 atom stereocenters. The Kier molecular flexibility index (Phi) is 5.19. The molecule has 2 N–H and O–H groups in total. The number of benzene rings is 1. The van der Waals surface area contributed by atoms with Crippen LogP contribution in [0.3, 0.4) is 0 Å². The van der Waals surface area contributed by atoms with Crippen molar-refractivity contribution < 1.29 is 4.79 Å². The average molecular weight is 328 g/mol. The normalized spacial score (nSPS) is 22.0. The number of nitrogens with one attached hydrogen (secondary N) is 2. The largest absolute Gasteiger partial charge is 0.352 e. The summed E-state index contributed by atoms with van der Waals surface area (Å²) in [4.78, 5) is 22.4. The highest BCUT2D eigenvalue weighted by Crippen LogP contribution is 2.20. The van der Waals surface area contributed by atoms with Crippen LogP contribution in [0.5, 0.6) is 0 Å². The minimum atomic E-state index is -0.00969. The van der Waals surface area contributed by atoms with Gasteiger partial charge in [-0.25, -0.2) is 4.98 Å². The van der Waals surface area contributed by atoms with Gasteiger partial charge < -0.3 is 15.2 Å². The second kappa shape index (κ2) is 7.34. The van der Waals surface area contributed by atoms with Gasteiger partial charge in [-0.05, 0) is 56.3 Å². The monoisotopic (exact) mass is 328 g/mol. The molecule has 0 spiro atoms. The molecule has 5 nitrogen and oxygen atoms in total. The van der Waals surface area contributed by atoms with Crippen molar-refractivity contribution in [1.82, 2.24) is 20.2 Å². The highest BCUT2D eigenvalue weighted by Gasteiger charge is 2.21. The summed E-state index contributed by atoms with van der Waals surface area (Å²) in [5.74, 6) is 2.43. The smallest absolute Gasteiger partial charge is 0.251 e. The highest BCUT2D eigenvalue weighted by atomic mass is 16.1. The average Bonchev–Trinajstić information content (AvgIpc) is 2.89. The second-order valence-corrected chi connectivity index (χ2v) is 7.37. The molecule has 24 heavy (non-hydrogen) atoms. The van der Waals surface area contributed by atoms with Crippen molar-refractivity contribution in [2.45, 2.75) is 33.6 Å². The first kappa shape index (κ1) is 17.0. The lowest BCUT2D eigenvalue weighted by atomic mass is 9.92. The molecule has 1 aromatic heterocycles. The molecule has 1 fully saturated rings. The quantitative estimate of drug-likeness (QED) is 0.830. The van der Waals surface area contributed by atoms with Crippen LogP contribution < -0.4 is 5.32 Å². The van der Waals surface area contributed by atoms with Gasteiger partial charge >= 0.3 is 0 Å². The molecule has 0 bridgehead atoms. The molecule has 0 aliphatic carbocycles. The van der Waals surface area contributed by atoms with Crippen LogP contribution in [-0.4, -0.2) is 47.0 Å². The topological polar surface area (TPSA) is 61.0 Å². The van der Waals surface area contributed by atoms with Crippen LogP contribution >= 0.6 is 0 Å². The summed E-state index contributed by atoms with van der Waals surface area (Å²) in [5.41, 5.74) is 2.50. The zero-order valence-electron chi connectivity index (χ0n) is 14.9. The highest BCUT2D eigenvalue weighted by molar-refractivity contribution is 5.97. The number of aromatic amines is 1. The van der Waals surface area contributed by atoms with E-state index in [1.165, 1.54) is 19.5 Å². The molecule has 3 rings (SSSR count). The number of likely N-dealkylation sites (tertiary alicyclic amines) is 1. The number of carbonyl (C=O) groups is 1. The maximum Gasteiger partial charge on any atom is 0.251 e. The van der Waals surface area contributed by atoms with E-state index >= 15 is 0 Å². The Bertz CT molecular complexity index is 698. The molecule has 0 saturated carbocycles. The first-order valence-electron chi connectivity index (χ1n) is 8.98. The van der Waals surface area contributed by atoms with E-state index in [4.69, 9.17) is 0 Å².